The van der Waals surface area contributed by atoms with Crippen LogP contribution < -0.4 is 0 Å². The Hall–Kier alpha value is -3.15. The molecule has 1 unspecified atom stereocenters. The number of allylic oxidation sites excluding steroid dienone is 12. The van der Waals surface area contributed by atoms with Crippen molar-refractivity contribution in [1.29, 1.82) is 0 Å². The van der Waals surface area contributed by atoms with Crippen molar-refractivity contribution in [2.24, 2.45) is 0 Å². The first-order chi connectivity index (χ1) is 40.5. The number of carbonyl (C=O) groups is 3. The van der Waals surface area contributed by atoms with Crippen LogP contribution in [-0.4, -0.2) is 37.2 Å². The van der Waals surface area contributed by atoms with Gasteiger partial charge in [-0.2, -0.15) is 0 Å². The number of esters is 3. The average molecular weight is 1150 g/mol. The fraction of sp³-hybridized carbons (Fsp3) is 0.803. The van der Waals surface area contributed by atoms with Crippen molar-refractivity contribution in [3.05, 3.63) is 72.9 Å². The van der Waals surface area contributed by atoms with Crippen molar-refractivity contribution in [2.75, 3.05) is 13.2 Å². The molecule has 0 saturated heterocycles. The Kier molecular flexibility index (Phi) is 67.6. The third-order valence-electron chi connectivity index (χ3n) is 16.0. The lowest BCUT2D eigenvalue weighted by atomic mass is 10.0. The minimum absolute atomic E-state index is 0.0979. The molecule has 0 spiro atoms. The van der Waals surface area contributed by atoms with Crippen LogP contribution in [0.4, 0.5) is 0 Å². The number of rotatable bonds is 66. The fourth-order valence-electron chi connectivity index (χ4n) is 10.6. The third-order valence-corrected chi connectivity index (χ3v) is 16.0. The molecule has 0 bridgehead atoms. The molecule has 0 aromatic carbocycles. The molecule has 6 heteroatoms. The minimum Gasteiger partial charge on any atom is -0.462 e. The highest BCUT2D eigenvalue weighted by molar-refractivity contribution is 5.71. The Morgan fingerprint density at radius 2 is 0.500 bits per heavy atom. The van der Waals surface area contributed by atoms with Gasteiger partial charge in [-0.1, -0.05) is 351 Å². The number of hydrogen-bond acceptors (Lipinski definition) is 6. The predicted octanol–water partition coefficient (Wildman–Crippen LogP) is 24.8. The fourth-order valence-corrected chi connectivity index (χ4v) is 10.6. The van der Waals surface area contributed by atoms with Gasteiger partial charge >= 0.3 is 17.9 Å². The molecule has 0 saturated carbocycles. The van der Waals surface area contributed by atoms with E-state index in [-0.39, 0.29) is 37.5 Å². The Bertz CT molecular complexity index is 1500. The quantitative estimate of drug-likeness (QED) is 0.0261. The summed E-state index contributed by atoms with van der Waals surface area (Å²) in [6, 6.07) is 0. The van der Waals surface area contributed by atoms with Crippen molar-refractivity contribution < 1.29 is 28.6 Å². The predicted molar refractivity (Wildman–Crippen MR) is 358 cm³/mol. The van der Waals surface area contributed by atoms with Gasteiger partial charge in [0.15, 0.2) is 6.10 Å². The highest BCUT2D eigenvalue weighted by Gasteiger charge is 2.19. The Labute approximate surface area is 510 Å². The summed E-state index contributed by atoms with van der Waals surface area (Å²) in [5.74, 6) is -0.974. The van der Waals surface area contributed by atoms with E-state index in [1.54, 1.807) is 0 Å². The van der Waals surface area contributed by atoms with Gasteiger partial charge in [0, 0.05) is 19.3 Å². The van der Waals surface area contributed by atoms with Crippen LogP contribution in [0.25, 0.3) is 0 Å². The molecule has 0 aromatic heterocycles. The van der Waals surface area contributed by atoms with Crippen LogP contribution in [0.3, 0.4) is 0 Å². The molecular weight excluding hydrogens is 1010 g/mol. The SMILES string of the molecule is CC/C=C\C/C=C\C/C=C\C/C=C\CCC(=O)OCC(COC(=O)CCCCCCCCCCCCCCCCCCCCCCCCCCCCCCCCCCCC)OC(=O)CCCCCCCCC/C=C\C/C=C\CCCCC. The van der Waals surface area contributed by atoms with Gasteiger partial charge in [0.2, 0.25) is 0 Å². The van der Waals surface area contributed by atoms with Crippen molar-refractivity contribution in [2.45, 2.75) is 380 Å². The van der Waals surface area contributed by atoms with E-state index in [0.29, 0.717) is 19.3 Å². The van der Waals surface area contributed by atoms with Crippen molar-refractivity contribution in [3.63, 3.8) is 0 Å². The summed E-state index contributed by atoms with van der Waals surface area (Å²) in [4.78, 5) is 38.3. The van der Waals surface area contributed by atoms with E-state index >= 15 is 0 Å². The van der Waals surface area contributed by atoms with Gasteiger partial charge in [-0.05, 0) is 77.0 Å². The second-order valence-corrected chi connectivity index (χ2v) is 24.1. The van der Waals surface area contributed by atoms with Crippen LogP contribution >= 0.6 is 0 Å². The maximum absolute atomic E-state index is 12.9. The van der Waals surface area contributed by atoms with Crippen LogP contribution in [-0.2, 0) is 28.6 Å². The van der Waals surface area contributed by atoms with Crippen LogP contribution in [0, 0.1) is 0 Å². The van der Waals surface area contributed by atoms with Gasteiger partial charge in [0.25, 0.3) is 0 Å². The Balaban J connectivity index is 4.12. The maximum atomic E-state index is 12.9. The van der Waals surface area contributed by atoms with Crippen LogP contribution in [0.5, 0.6) is 0 Å². The van der Waals surface area contributed by atoms with Crippen LogP contribution in [0.1, 0.15) is 374 Å². The van der Waals surface area contributed by atoms with Crippen molar-refractivity contribution >= 4 is 17.9 Å². The van der Waals surface area contributed by atoms with E-state index < -0.39 is 6.10 Å². The topological polar surface area (TPSA) is 78.9 Å². The molecule has 0 amide bonds. The number of hydrogen-bond donors (Lipinski definition) is 0. The van der Waals surface area contributed by atoms with E-state index in [1.165, 1.54) is 250 Å². The smallest absolute Gasteiger partial charge is 0.306 e. The number of ether oxygens (including phenoxy) is 3. The Morgan fingerprint density at radius 1 is 0.256 bits per heavy atom. The van der Waals surface area contributed by atoms with E-state index in [4.69, 9.17) is 14.2 Å². The molecule has 6 nitrogen and oxygen atoms in total. The van der Waals surface area contributed by atoms with E-state index in [1.807, 2.05) is 6.08 Å². The zero-order valence-electron chi connectivity index (χ0n) is 54.8. The first kappa shape index (κ1) is 78.8. The summed E-state index contributed by atoms with van der Waals surface area (Å²) in [6.07, 6.45) is 92.7. The monoisotopic (exact) mass is 1150 g/mol. The highest BCUT2D eigenvalue weighted by Crippen LogP contribution is 2.19. The molecule has 0 N–H and O–H groups in total. The van der Waals surface area contributed by atoms with Crippen molar-refractivity contribution in [1.82, 2.24) is 0 Å². The molecule has 0 aliphatic carbocycles. The Morgan fingerprint density at radius 3 is 0.841 bits per heavy atom. The zero-order chi connectivity index (χ0) is 59.2. The molecule has 0 rings (SSSR count). The lowest BCUT2D eigenvalue weighted by molar-refractivity contribution is -0.166. The summed E-state index contributed by atoms with van der Waals surface area (Å²) >= 11 is 0. The average Bonchev–Trinajstić information content (AvgIpc) is 3.47. The molecule has 0 aromatic rings. The largest absolute Gasteiger partial charge is 0.462 e. The molecule has 0 fully saturated rings. The first-order valence-electron chi connectivity index (χ1n) is 35.9. The molecule has 0 radical (unpaired) electrons. The standard InChI is InChI=1S/C76H136O6/c1-4-7-10-13-16-19-22-25-27-29-30-31-32-33-34-35-36-37-38-39-40-41-42-43-44-45-47-48-51-54-57-60-63-66-69-75(78)81-72-73(71-80-74(77)68-65-62-59-56-53-50-24-21-18-15-12-9-6-3)82-76(79)70-67-64-61-58-55-52-49-46-28-26-23-20-17-14-11-8-5-2/h9,12,17-18,20-21,26,28,50,53,59,62,73H,4-8,10-11,13-16,19,22-25,27,29-49,51-52,54-58,60-61,63-72H2,1-3H3/b12-9-,20-17-,21-18-,28-26-,53-50-,62-59-. The number of carbonyl (C=O) groups excluding carboxylic acids is 3. The third kappa shape index (κ3) is 67.6. The molecule has 82 heavy (non-hydrogen) atoms. The molecule has 476 valence electrons. The minimum atomic E-state index is -0.809. The molecule has 0 aliphatic rings. The summed E-state index contributed by atoms with van der Waals surface area (Å²) < 4.78 is 16.9. The van der Waals surface area contributed by atoms with Gasteiger partial charge < -0.3 is 14.2 Å². The molecular formula is C76H136O6. The van der Waals surface area contributed by atoms with E-state index in [9.17, 15) is 14.4 Å². The van der Waals surface area contributed by atoms with E-state index in [2.05, 4.69) is 87.6 Å². The lowest BCUT2D eigenvalue weighted by Gasteiger charge is -2.18. The second-order valence-electron chi connectivity index (χ2n) is 24.1. The van der Waals surface area contributed by atoms with Gasteiger partial charge in [-0.15, -0.1) is 0 Å². The van der Waals surface area contributed by atoms with E-state index in [0.717, 1.165) is 77.0 Å². The summed E-state index contributed by atoms with van der Waals surface area (Å²) in [6.45, 7) is 6.48. The molecule has 0 aliphatic heterocycles. The summed E-state index contributed by atoms with van der Waals surface area (Å²) in [7, 11) is 0. The molecule has 1 atom stereocenters. The van der Waals surface area contributed by atoms with Gasteiger partial charge in [0.1, 0.15) is 13.2 Å². The van der Waals surface area contributed by atoms with Crippen molar-refractivity contribution in [3.8, 4) is 0 Å². The zero-order valence-corrected chi connectivity index (χ0v) is 54.8. The van der Waals surface area contributed by atoms with Gasteiger partial charge in [-0.25, -0.2) is 0 Å². The second kappa shape index (κ2) is 70.3. The summed E-state index contributed by atoms with van der Waals surface area (Å²) in [5.41, 5.74) is 0. The van der Waals surface area contributed by atoms with Crippen LogP contribution in [0.2, 0.25) is 0 Å². The molecule has 0 heterocycles. The van der Waals surface area contributed by atoms with Gasteiger partial charge in [-0.3, -0.25) is 14.4 Å². The van der Waals surface area contributed by atoms with Crippen LogP contribution in [0.15, 0.2) is 72.9 Å². The summed E-state index contributed by atoms with van der Waals surface area (Å²) in [5, 5.41) is 0. The number of unbranched alkanes of at least 4 members (excludes halogenated alkanes) is 43. The lowest BCUT2D eigenvalue weighted by Crippen LogP contribution is -2.30. The first-order valence-corrected chi connectivity index (χ1v) is 35.9. The normalized spacial score (nSPS) is 12.5. The highest BCUT2D eigenvalue weighted by atomic mass is 16.6. The van der Waals surface area contributed by atoms with Gasteiger partial charge in [0.05, 0.1) is 0 Å². The maximum Gasteiger partial charge on any atom is 0.306 e.